The van der Waals surface area contributed by atoms with Crippen molar-refractivity contribution in [3.8, 4) is 12.1 Å². The number of carbonyl (C=O) groups excluding carboxylic acids is 1. The van der Waals surface area contributed by atoms with Gasteiger partial charge in [-0.2, -0.15) is 10.5 Å². The van der Waals surface area contributed by atoms with Gasteiger partial charge in [0.1, 0.15) is 12.1 Å². The van der Waals surface area contributed by atoms with Gasteiger partial charge in [0, 0.05) is 24.5 Å². The summed E-state index contributed by atoms with van der Waals surface area (Å²) >= 11 is 1.76. The number of carbonyl (C=O) groups is 1. The molecule has 3 N–H and O–H groups in total. The Morgan fingerprint density at radius 3 is 2.79 bits per heavy atom. The third-order valence-electron chi connectivity index (χ3n) is 3.91. The molecular formula is C17H21N5OS. The summed E-state index contributed by atoms with van der Waals surface area (Å²) < 4.78 is 0. The fourth-order valence-electron chi connectivity index (χ4n) is 2.51. The maximum atomic E-state index is 12.1. The fraction of sp³-hybridized carbons (Fsp3) is 0.471. The van der Waals surface area contributed by atoms with Crippen LogP contribution in [0.2, 0.25) is 0 Å². The zero-order chi connectivity index (χ0) is 17.4. The maximum absolute atomic E-state index is 12.1. The van der Waals surface area contributed by atoms with Gasteiger partial charge >= 0.3 is 0 Å². The second-order valence-electron chi connectivity index (χ2n) is 5.65. The molecule has 1 unspecified atom stereocenters. The zero-order valence-corrected chi connectivity index (χ0v) is 14.3. The maximum Gasteiger partial charge on any atom is 0.240 e. The van der Waals surface area contributed by atoms with Crippen molar-refractivity contribution in [2.24, 2.45) is 5.73 Å². The fourth-order valence-corrected chi connectivity index (χ4v) is 3.47. The predicted octanol–water partition coefficient (Wildman–Crippen LogP) is 1.87. The normalized spacial score (nSPS) is 14.7. The molecule has 24 heavy (non-hydrogen) atoms. The second-order valence-corrected chi connectivity index (χ2v) is 6.73. The monoisotopic (exact) mass is 343 g/mol. The van der Waals surface area contributed by atoms with Crippen LogP contribution in [0.3, 0.4) is 0 Å². The molecule has 1 atom stereocenters. The van der Waals surface area contributed by atoms with Crippen LogP contribution in [0.5, 0.6) is 0 Å². The SMILES string of the molecule is N#Cc1ccc(NCCCCC(N)C(=O)N2CCSC2)cc1C#N. The molecule has 0 aromatic heterocycles. The van der Waals surface area contributed by atoms with Crippen molar-refractivity contribution in [3.05, 3.63) is 29.3 Å². The number of rotatable bonds is 7. The highest BCUT2D eigenvalue weighted by atomic mass is 32.2. The van der Waals surface area contributed by atoms with Crippen molar-refractivity contribution < 1.29 is 4.79 Å². The minimum atomic E-state index is -0.413. The number of hydrogen-bond donors (Lipinski definition) is 2. The highest BCUT2D eigenvalue weighted by Gasteiger charge is 2.23. The lowest BCUT2D eigenvalue weighted by molar-refractivity contribution is -0.131. The van der Waals surface area contributed by atoms with E-state index in [2.05, 4.69) is 5.32 Å². The van der Waals surface area contributed by atoms with E-state index >= 15 is 0 Å². The molecule has 1 aliphatic heterocycles. The summed E-state index contributed by atoms with van der Waals surface area (Å²) in [6.45, 7) is 1.54. The zero-order valence-electron chi connectivity index (χ0n) is 13.5. The third kappa shape index (κ3) is 4.89. The number of hydrogen-bond acceptors (Lipinski definition) is 6. The van der Waals surface area contributed by atoms with Gasteiger partial charge in [0.25, 0.3) is 0 Å². The van der Waals surface area contributed by atoms with Gasteiger partial charge < -0.3 is 16.0 Å². The molecule has 1 amide bonds. The van der Waals surface area contributed by atoms with Gasteiger partial charge in [0.05, 0.1) is 23.0 Å². The van der Waals surface area contributed by atoms with Crippen LogP contribution < -0.4 is 11.1 Å². The Bertz CT molecular complexity index is 658. The molecule has 0 radical (unpaired) electrons. The lowest BCUT2D eigenvalue weighted by atomic mass is 10.1. The number of anilines is 1. The summed E-state index contributed by atoms with van der Waals surface area (Å²) in [4.78, 5) is 13.9. The van der Waals surface area contributed by atoms with E-state index < -0.39 is 6.04 Å². The van der Waals surface area contributed by atoms with Crippen LogP contribution in [-0.4, -0.2) is 41.6 Å². The van der Waals surface area contributed by atoms with Crippen molar-refractivity contribution in [3.63, 3.8) is 0 Å². The van der Waals surface area contributed by atoms with Crippen LogP contribution in [0.15, 0.2) is 18.2 Å². The lowest BCUT2D eigenvalue weighted by Crippen LogP contribution is -2.42. The van der Waals surface area contributed by atoms with E-state index in [9.17, 15) is 4.79 Å². The standard InChI is InChI=1S/C17H21N5OS/c18-10-13-4-5-15(9-14(13)11-19)21-6-2-1-3-16(20)17(23)22-7-8-24-12-22/h4-5,9,16,21H,1-3,6-8,12,20H2. The molecule has 1 heterocycles. The molecule has 0 bridgehead atoms. The number of nitrogens with zero attached hydrogens (tertiary/aromatic N) is 3. The van der Waals surface area contributed by atoms with E-state index in [0.29, 0.717) is 17.5 Å². The predicted molar refractivity (Wildman–Crippen MR) is 95.2 cm³/mol. The van der Waals surface area contributed by atoms with Crippen LogP contribution in [-0.2, 0) is 4.79 Å². The summed E-state index contributed by atoms with van der Waals surface area (Å²) in [5.74, 6) is 1.81. The van der Waals surface area contributed by atoms with E-state index in [4.69, 9.17) is 16.3 Å². The molecule has 0 saturated carbocycles. The lowest BCUT2D eigenvalue weighted by Gasteiger charge is -2.19. The number of amides is 1. The molecule has 1 aliphatic rings. The third-order valence-corrected chi connectivity index (χ3v) is 4.88. The first kappa shape index (κ1) is 18.1. The van der Waals surface area contributed by atoms with E-state index in [1.165, 1.54) is 0 Å². The van der Waals surface area contributed by atoms with Gasteiger partial charge in [0.15, 0.2) is 0 Å². The number of nitriles is 2. The summed E-state index contributed by atoms with van der Waals surface area (Å²) in [5.41, 5.74) is 7.55. The quantitative estimate of drug-likeness (QED) is 0.732. The van der Waals surface area contributed by atoms with E-state index in [1.54, 1.807) is 30.0 Å². The molecule has 7 heteroatoms. The Labute approximate surface area is 146 Å². The van der Waals surface area contributed by atoms with E-state index in [1.807, 2.05) is 17.0 Å². The Kier molecular flexibility index (Phi) is 6.92. The van der Waals surface area contributed by atoms with Crippen LogP contribution in [0.1, 0.15) is 30.4 Å². The molecule has 126 valence electrons. The van der Waals surface area contributed by atoms with Gasteiger partial charge in [-0.3, -0.25) is 4.79 Å². The molecule has 0 spiro atoms. The van der Waals surface area contributed by atoms with Gasteiger partial charge in [0.2, 0.25) is 5.91 Å². The number of unbranched alkanes of at least 4 members (excludes halogenated alkanes) is 1. The van der Waals surface area contributed by atoms with Crippen molar-refractivity contribution in [1.29, 1.82) is 10.5 Å². The van der Waals surface area contributed by atoms with Gasteiger partial charge in [-0.25, -0.2) is 0 Å². The van der Waals surface area contributed by atoms with Crippen LogP contribution in [0, 0.1) is 22.7 Å². The highest BCUT2D eigenvalue weighted by Crippen LogP contribution is 2.16. The molecule has 2 rings (SSSR count). The first-order valence-corrected chi connectivity index (χ1v) is 9.11. The molecule has 6 nitrogen and oxygen atoms in total. The Balaban J connectivity index is 1.69. The molecule has 0 aliphatic carbocycles. The average molecular weight is 343 g/mol. The summed E-state index contributed by atoms with van der Waals surface area (Å²) in [6, 6.07) is 8.71. The first-order valence-electron chi connectivity index (χ1n) is 7.96. The minimum absolute atomic E-state index is 0.0544. The first-order chi connectivity index (χ1) is 11.7. The largest absolute Gasteiger partial charge is 0.385 e. The Morgan fingerprint density at radius 2 is 2.12 bits per heavy atom. The van der Waals surface area contributed by atoms with Crippen molar-refractivity contribution >= 4 is 23.4 Å². The van der Waals surface area contributed by atoms with Crippen molar-refractivity contribution in [1.82, 2.24) is 4.90 Å². The second kappa shape index (κ2) is 9.17. The molecular weight excluding hydrogens is 322 g/mol. The van der Waals surface area contributed by atoms with Crippen LogP contribution in [0.4, 0.5) is 5.69 Å². The summed E-state index contributed by atoms with van der Waals surface area (Å²) in [6.07, 6.45) is 2.43. The van der Waals surface area contributed by atoms with Crippen molar-refractivity contribution in [2.45, 2.75) is 25.3 Å². The number of benzene rings is 1. The van der Waals surface area contributed by atoms with Crippen molar-refractivity contribution in [2.75, 3.05) is 30.0 Å². The highest BCUT2D eigenvalue weighted by molar-refractivity contribution is 7.99. The van der Waals surface area contributed by atoms with Crippen LogP contribution in [0.25, 0.3) is 0 Å². The van der Waals surface area contributed by atoms with Gasteiger partial charge in [-0.1, -0.05) is 0 Å². The minimum Gasteiger partial charge on any atom is -0.385 e. The van der Waals surface area contributed by atoms with Gasteiger partial charge in [-0.15, -0.1) is 11.8 Å². The van der Waals surface area contributed by atoms with Crippen LogP contribution >= 0.6 is 11.8 Å². The topological polar surface area (TPSA) is 106 Å². The average Bonchev–Trinajstić information content (AvgIpc) is 3.14. The Morgan fingerprint density at radius 1 is 1.33 bits per heavy atom. The smallest absolute Gasteiger partial charge is 0.240 e. The van der Waals surface area contributed by atoms with E-state index in [-0.39, 0.29) is 5.91 Å². The van der Waals surface area contributed by atoms with Gasteiger partial charge in [-0.05, 0) is 37.5 Å². The summed E-state index contributed by atoms with van der Waals surface area (Å²) in [7, 11) is 0. The summed E-state index contributed by atoms with van der Waals surface area (Å²) in [5, 5.41) is 21.1. The molecule has 1 fully saturated rings. The number of nitrogens with one attached hydrogen (secondary N) is 1. The number of nitrogens with two attached hydrogens (primary N) is 1. The van der Waals surface area contributed by atoms with E-state index in [0.717, 1.165) is 43.2 Å². The molecule has 1 aromatic carbocycles. The Hall–Kier alpha value is -2.22. The number of thioether (sulfide) groups is 1. The molecule has 1 aromatic rings. The molecule has 1 saturated heterocycles.